The van der Waals surface area contributed by atoms with Crippen molar-refractivity contribution >= 4 is 32.4 Å². The van der Waals surface area contributed by atoms with Crippen LogP contribution in [0.15, 0.2) is 30.3 Å². The Morgan fingerprint density at radius 1 is 1.43 bits per heavy atom. The van der Waals surface area contributed by atoms with E-state index in [9.17, 15) is 0 Å². The van der Waals surface area contributed by atoms with Gasteiger partial charge in [0.25, 0.3) is 0 Å². The van der Waals surface area contributed by atoms with Gasteiger partial charge in [-0.05, 0) is 18.0 Å². The monoisotopic (exact) mass is 222 g/mol. The predicted octanol–water partition coefficient (Wildman–Crippen LogP) is 3.10. The van der Waals surface area contributed by atoms with E-state index in [1.807, 2.05) is 0 Å². The number of allylic oxidation sites excluding steroid dienone is 1. The number of hydrogen-bond acceptors (Lipinski definition) is 0. The molecule has 14 heavy (non-hydrogen) atoms. The summed E-state index contributed by atoms with van der Waals surface area (Å²) in [5.74, 6) is 0.757. The summed E-state index contributed by atoms with van der Waals surface area (Å²) in [6.07, 6.45) is 5.45. The van der Waals surface area contributed by atoms with Crippen molar-refractivity contribution in [1.29, 1.82) is 0 Å². The molecule has 1 aromatic rings. The minimum absolute atomic E-state index is 0.757. The molecule has 1 aromatic carbocycles. The lowest BCUT2D eigenvalue weighted by Gasteiger charge is -1.99. The van der Waals surface area contributed by atoms with Crippen molar-refractivity contribution in [3.05, 3.63) is 35.9 Å². The molecule has 0 aliphatic rings. The SMILES string of the molecule is CCC=Cc1cccc([Si]CCCl)c1. The summed E-state index contributed by atoms with van der Waals surface area (Å²) in [6.45, 7) is 2.15. The van der Waals surface area contributed by atoms with E-state index in [0.717, 1.165) is 27.9 Å². The molecular weight excluding hydrogens is 208 g/mol. The maximum Gasteiger partial charge on any atom is 0.0820 e. The van der Waals surface area contributed by atoms with E-state index in [1.54, 1.807) is 0 Å². The second-order valence-electron chi connectivity index (χ2n) is 3.05. The molecule has 0 bridgehead atoms. The van der Waals surface area contributed by atoms with Gasteiger partial charge in [-0.3, -0.25) is 0 Å². The van der Waals surface area contributed by atoms with Gasteiger partial charge in [0.15, 0.2) is 0 Å². The van der Waals surface area contributed by atoms with Crippen LogP contribution in [0.5, 0.6) is 0 Å². The van der Waals surface area contributed by atoms with Gasteiger partial charge >= 0.3 is 0 Å². The summed E-state index contributed by atoms with van der Waals surface area (Å²) < 4.78 is 0. The standard InChI is InChI=1S/C12H15ClSi/c1-2-3-5-11-6-4-7-12(10-11)14-9-8-13/h3-7,10H,2,8-9H2,1H3. The lowest BCUT2D eigenvalue weighted by molar-refractivity contribution is 1.23. The average Bonchev–Trinajstić information content (AvgIpc) is 2.24. The molecule has 0 nitrogen and oxygen atoms in total. The van der Waals surface area contributed by atoms with E-state index in [0.29, 0.717) is 0 Å². The molecule has 1 rings (SSSR count). The first-order chi connectivity index (χ1) is 6.86. The van der Waals surface area contributed by atoms with Crippen LogP contribution in [0.4, 0.5) is 0 Å². The van der Waals surface area contributed by atoms with Gasteiger partial charge in [-0.25, -0.2) is 0 Å². The van der Waals surface area contributed by atoms with Gasteiger partial charge in [-0.2, -0.15) is 0 Å². The molecule has 0 amide bonds. The van der Waals surface area contributed by atoms with E-state index in [-0.39, 0.29) is 0 Å². The van der Waals surface area contributed by atoms with Crippen LogP contribution in [-0.2, 0) is 0 Å². The summed E-state index contributed by atoms with van der Waals surface area (Å²) in [5.41, 5.74) is 1.30. The maximum atomic E-state index is 5.67. The number of benzene rings is 1. The quantitative estimate of drug-likeness (QED) is 0.531. The summed E-state index contributed by atoms with van der Waals surface area (Å²) in [4.78, 5) is 0. The molecule has 2 radical (unpaired) electrons. The summed E-state index contributed by atoms with van der Waals surface area (Å²) in [5, 5.41) is 1.41. The van der Waals surface area contributed by atoms with Crippen molar-refractivity contribution in [3.8, 4) is 0 Å². The zero-order valence-electron chi connectivity index (χ0n) is 8.46. The first-order valence-electron chi connectivity index (χ1n) is 4.93. The molecule has 0 saturated carbocycles. The van der Waals surface area contributed by atoms with E-state index >= 15 is 0 Å². The summed E-state index contributed by atoms with van der Waals surface area (Å²) in [6, 6.07) is 9.76. The highest BCUT2D eigenvalue weighted by Gasteiger charge is 1.94. The van der Waals surface area contributed by atoms with Crippen LogP contribution < -0.4 is 5.19 Å². The Hall–Kier alpha value is -0.533. The molecule has 74 valence electrons. The first kappa shape index (κ1) is 11.5. The van der Waals surface area contributed by atoms with Gasteiger partial charge < -0.3 is 0 Å². The van der Waals surface area contributed by atoms with E-state index in [1.165, 1.54) is 10.8 Å². The third-order valence-corrected chi connectivity index (χ3v) is 3.58. The topological polar surface area (TPSA) is 0 Å². The summed E-state index contributed by atoms with van der Waals surface area (Å²) >= 11 is 5.67. The number of rotatable bonds is 5. The van der Waals surface area contributed by atoms with Crippen LogP contribution in [0.3, 0.4) is 0 Å². The lowest BCUT2D eigenvalue weighted by Crippen LogP contribution is -2.13. The van der Waals surface area contributed by atoms with Crippen LogP contribution in [0.1, 0.15) is 18.9 Å². The van der Waals surface area contributed by atoms with Crippen molar-refractivity contribution < 1.29 is 0 Å². The smallest absolute Gasteiger partial charge is 0.0820 e. The highest BCUT2D eigenvalue weighted by atomic mass is 35.5. The minimum Gasteiger partial charge on any atom is -0.127 e. The van der Waals surface area contributed by atoms with E-state index in [4.69, 9.17) is 11.6 Å². The molecular formula is C12H15ClSi. The third kappa shape index (κ3) is 4.12. The van der Waals surface area contributed by atoms with Crippen molar-refractivity contribution in [2.75, 3.05) is 5.88 Å². The molecule has 0 N–H and O–H groups in total. The molecule has 0 saturated heterocycles. The molecule has 0 heterocycles. The highest BCUT2D eigenvalue weighted by Crippen LogP contribution is 2.00. The minimum atomic E-state index is 0.757. The Labute approximate surface area is 93.8 Å². The van der Waals surface area contributed by atoms with Crippen molar-refractivity contribution in [3.63, 3.8) is 0 Å². The normalized spacial score (nSPS) is 11.0. The largest absolute Gasteiger partial charge is 0.127 e. The molecule has 0 aromatic heterocycles. The molecule has 0 fully saturated rings. The molecule has 0 aliphatic heterocycles. The maximum absolute atomic E-state index is 5.67. The lowest BCUT2D eigenvalue weighted by atomic mass is 10.2. The molecule has 0 atom stereocenters. The van der Waals surface area contributed by atoms with Crippen molar-refractivity contribution in [1.82, 2.24) is 0 Å². The molecule has 0 aliphatic carbocycles. The Kier molecular flexibility index (Phi) is 5.65. The van der Waals surface area contributed by atoms with Gasteiger partial charge in [0, 0.05) is 5.88 Å². The predicted molar refractivity (Wildman–Crippen MR) is 66.7 cm³/mol. The van der Waals surface area contributed by atoms with Gasteiger partial charge in [0.1, 0.15) is 0 Å². The number of hydrogen-bond donors (Lipinski definition) is 0. The van der Waals surface area contributed by atoms with Crippen LogP contribution in [0.2, 0.25) is 6.04 Å². The first-order valence-corrected chi connectivity index (χ1v) is 6.67. The fraction of sp³-hybridized carbons (Fsp3) is 0.333. The van der Waals surface area contributed by atoms with Crippen LogP contribution >= 0.6 is 11.6 Å². The van der Waals surface area contributed by atoms with Crippen LogP contribution in [-0.4, -0.2) is 15.4 Å². The van der Waals surface area contributed by atoms with Gasteiger partial charge in [0.05, 0.1) is 9.52 Å². The third-order valence-electron chi connectivity index (χ3n) is 1.86. The Balaban J connectivity index is 2.63. The van der Waals surface area contributed by atoms with Gasteiger partial charge in [0.2, 0.25) is 0 Å². The number of alkyl halides is 1. The second-order valence-corrected chi connectivity index (χ2v) is 4.86. The highest BCUT2D eigenvalue weighted by molar-refractivity contribution is 6.54. The zero-order valence-corrected chi connectivity index (χ0v) is 10.2. The zero-order chi connectivity index (χ0) is 10.2. The fourth-order valence-corrected chi connectivity index (χ4v) is 2.35. The van der Waals surface area contributed by atoms with Crippen LogP contribution in [0.25, 0.3) is 6.08 Å². The van der Waals surface area contributed by atoms with Crippen molar-refractivity contribution in [2.24, 2.45) is 0 Å². The van der Waals surface area contributed by atoms with E-state index < -0.39 is 0 Å². The molecule has 0 unspecified atom stereocenters. The molecule has 2 heteroatoms. The second kappa shape index (κ2) is 6.85. The van der Waals surface area contributed by atoms with Gasteiger partial charge in [-0.1, -0.05) is 48.5 Å². The Bertz CT molecular complexity index is 294. The van der Waals surface area contributed by atoms with E-state index in [2.05, 4.69) is 43.3 Å². The Morgan fingerprint density at radius 2 is 2.29 bits per heavy atom. The average molecular weight is 223 g/mol. The van der Waals surface area contributed by atoms with Crippen LogP contribution in [0, 0.1) is 0 Å². The number of halogens is 1. The van der Waals surface area contributed by atoms with Gasteiger partial charge in [-0.15, -0.1) is 11.6 Å². The van der Waals surface area contributed by atoms with Crippen molar-refractivity contribution in [2.45, 2.75) is 19.4 Å². The summed E-state index contributed by atoms with van der Waals surface area (Å²) in [7, 11) is 0.840. The fourth-order valence-electron chi connectivity index (χ4n) is 1.20. The Morgan fingerprint density at radius 3 is 3.00 bits per heavy atom. The molecule has 0 spiro atoms.